The second kappa shape index (κ2) is 5.69. The second-order valence-corrected chi connectivity index (χ2v) is 5.91. The molecule has 0 aliphatic carbocycles. The van der Waals surface area contributed by atoms with Crippen LogP contribution in [0.1, 0.15) is 25.6 Å². The van der Waals surface area contributed by atoms with Crippen molar-refractivity contribution in [3.05, 3.63) is 51.9 Å². The lowest BCUT2D eigenvalue weighted by Gasteiger charge is -2.12. The number of anilines is 1. The summed E-state index contributed by atoms with van der Waals surface area (Å²) >= 11 is 1.44. The maximum atomic E-state index is 12.8. The molecule has 0 aliphatic rings. The van der Waals surface area contributed by atoms with E-state index < -0.39 is 0 Å². The Morgan fingerprint density at radius 3 is 2.71 bits per heavy atom. The van der Waals surface area contributed by atoms with E-state index in [1.807, 2.05) is 35.7 Å². The van der Waals surface area contributed by atoms with E-state index >= 15 is 0 Å². The number of aryl methyl sites for hydroxylation is 1. The summed E-state index contributed by atoms with van der Waals surface area (Å²) in [6.07, 6.45) is 2.87. The molecule has 1 aromatic carbocycles. The smallest absolute Gasteiger partial charge is 0.276 e. The number of nitrogens with zero attached hydrogens (tertiary/aromatic N) is 2. The van der Waals surface area contributed by atoms with Gasteiger partial charge in [-0.05, 0) is 42.1 Å². The Labute approximate surface area is 126 Å². The topological polar surface area (TPSA) is 60.9 Å². The lowest BCUT2D eigenvalue weighted by molar-refractivity contribution is 0.721. The first-order chi connectivity index (χ1) is 10.2. The highest BCUT2D eigenvalue weighted by Gasteiger charge is 2.13. The fraction of sp³-hybridized carbons (Fsp3) is 0.250. The molecule has 2 aromatic heterocycles. The van der Waals surface area contributed by atoms with Gasteiger partial charge in [0.1, 0.15) is 10.5 Å². The van der Waals surface area contributed by atoms with Gasteiger partial charge in [0.2, 0.25) is 0 Å². The molecule has 0 radical (unpaired) electrons. The average molecular weight is 299 g/mol. The van der Waals surface area contributed by atoms with Gasteiger partial charge < -0.3 is 5.73 Å². The predicted molar refractivity (Wildman–Crippen MR) is 88.2 cm³/mol. The summed E-state index contributed by atoms with van der Waals surface area (Å²) in [6, 6.07) is 9.26. The zero-order valence-electron chi connectivity index (χ0n) is 11.9. The summed E-state index contributed by atoms with van der Waals surface area (Å²) in [5.74, 6) is 0.817. The molecule has 0 aliphatic heterocycles. The van der Waals surface area contributed by atoms with Crippen molar-refractivity contribution < 1.29 is 0 Å². The molecule has 21 heavy (non-hydrogen) atoms. The van der Waals surface area contributed by atoms with Crippen molar-refractivity contribution >= 4 is 27.2 Å². The predicted octanol–water partition coefficient (Wildman–Crippen LogP) is 3.37. The molecule has 2 heterocycles. The Balaban J connectivity index is 2.24. The van der Waals surface area contributed by atoms with Crippen molar-refractivity contribution in [3.8, 4) is 5.69 Å². The highest BCUT2D eigenvalue weighted by molar-refractivity contribution is 7.17. The van der Waals surface area contributed by atoms with Gasteiger partial charge in [-0.3, -0.25) is 9.36 Å². The lowest BCUT2D eigenvalue weighted by Crippen LogP contribution is -2.23. The number of nitrogens with two attached hydrogens (primary N) is 1. The fourth-order valence-corrected chi connectivity index (χ4v) is 3.11. The molecule has 0 atom stereocenters. The number of hydrogen-bond acceptors (Lipinski definition) is 4. The van der Waals surface area contributed by atoms with Crippen molar-refractivity contribution in [2.75, 3.05) is 5.73 Å². The first-order valence-corrected chi connectivity index (χ1v) is 7.93. The standard InChI is InChI=1S/C16H17N3OS/c1-2-3-4-14-18-13-9-10-21-15(13)16(20)19(14)12-7-5-11(17)6-8-12/h5-10H,2-4,17H2,1H3. The van der Waals surface area contributed by atoms with Crippen LogP contribution in [0.2, 0.25) is 0 Å². The number of unbranched alkanes of at least 4 members (excludes halogenated alkanes) is 1. The van der Waals surface area contributed by atoms with Crippen LogP contribution in [0.15, 0.2) is 40.5 Å². The van der Waals surface area contributed by atoms with Crippen LogP contribution in [0.5, 0.6) is 0 Å². The van der Waals surface area contributed by atoms with Crippen molar-refractivity contribution in [1.29, 1.82) is 0 Å². The molecule has 0 bridgehead atoms. The molecule has 4 nitrogen and oxygen atoms in total. The minimum atomic E-state index is 0.00544. The van der Waals surface area contributed by atoms with Gasteiger partial charge in [0.25, 0.3) is 5.56 Å². The average Bonchev–Trinajstić information content (AvgIpc) is 2.95. The molecule has 0 fully saturated rings. The Kier molecular flexibility index (Phi) is 3.75. The lowest BCUT2D eigenvalue weighted by atomic mass is 10.2. The molecule has 0 spiro atoms. The van der Waals surface area contributed by atoms with Gasteiger partial charge in [-0.1, -0.05) is 13.3 Å². The van der Waals surface area contributed by atoms with Gasteiger partial charge in [-0.25, -0.2) is 4.98 Å². The van der Waals surface area contributed by atoms with Crippen LogP contribution in [0, 0.1) is 0 Å². The third kappa shape index (κ3) is 2.56. The van der Waals surface area contributed by atoms with Gasteiger partial charge in [-0.2, -0.15) is 0 Å². The maximum Gasteiger partial charge on any atom is 0.276 e. The number of nitrogen functional groups attached to an aromatic ring is 1. The number of benzene rings is 1. The maximum absolute atomic E-state index is 12.8. The van der Waals surface area contributed by atoms with Crippen molar-refractivity contribution in [2.45, 2.75) is 26.2 Å². The summed E-state index contributed by atoms with van der Waals surface area (Å²) in [5, 5.41) is 1.91. The molecule has 0 amide bonds. The summed E-state index contributed by atoms with van der Waals surface area (Å²) in [5.41, 5.74) is 8.04. The molecule has 2 N–H and O–H groups in total. The molecule has 108 valence electrons. The second-order valence-electron chi connectivity index (χ2n) is 5.00. The molecule has 0 saturated carbocycles. The van der Waals surface area contributed by atoms with Crippen LogP contribution >= 0.6 is 11.3 Å². The Bertz CT molecular complexity index is 818. The molecule has 0 unspecified atom stereocenters. The van der Waals surface area contributed by atoms with Gasteiger partial charge in [0, 0.05) is 12.1 Å². The monoisotopic (exact) mass is 299 g/mol. The summed E-state index contributed by atoms with van der Waals surface area (Å²) in [6.45, 7) is 2.13. The van der Waals surface area contributed by atoms with Crippen molar-refractivity contribution in [3.63, 3.8) is 0 Å². The summed E-state index contributed by atoms with van der Waals surface area (Å²) in [7, 11) is 0. The van der Waals surface area contributed by atoms with Crippen LogP contribution < -0.4 is 11.3 Å². The number of rotatable bonds is 4. The summed E-state index contributed by atoms with van der Waals surface area (Å²) < 4.78 is 2.42. The third-order valence-electron chi connectivity index (χ3n) is 3.45. The van der Waals surface area contributed by atoms with Crippen LogP contribution in [0.3, 0.4) is 0 Å². The van der Waals surface area contributed by atoms with E-state index in [2.05, 4.69) is 11.9 Å². The number of thiophene rings is 1. The van der Waals surface area contributed by atoms with Gasteiger partial charge in [0.05, 0.1) is 11.2 Å². The zero-order chi connectivity index (χ0) is 14.8. The van der Waals surface area contributed by atoms with Crippen LogP contribution in [0.25, 0.3) is 15.9 Å². The minimum Gasteiger partial charge on any atom is -0.399 e. The summed E-state index contributed by atoms with van der Waals surface area (Å²) in [4.78, 5) is 17.4. The zero-order valence-corrected chi connectivity index (χ0v) is 12.7. The van der Waals surface area contributed by atoms with Crippen LogP contribution in [0.4, 0.5) is 5.69 Å². The number of hydrogen-bond donors (Lipinski definition) is 1. The van der Waals surface area contributed by atoms with E-state index in [0.29, 0.717) is 10.4 Å². The van der Waals surface area contributed by atoms with Crippen molar-refractivity contribution in [2.24, 2.45) is 0 Å². The molecule has 3 aromatic rings. The van der Waals surface area contributed by atoms with Crippen molar-refractivity contribution in [1.82, 2.24) is 9.55 Å². The van der Waals surface area contributed by atoms with E-state index in [0.717, 1.165) is 36.3 Å². The SMILES string of the molecule is CCCCc1nc2ccsc2c(=O)n1-c1ccc(N)cc1. The van der Waals surface area contributed by atoms with E-state index in [-0.39, 0.29) is 5.56 Å². The number of aromatic nitrogens is 2. The fourth-order valence-electron chi connectivity index (χ4n) is 2.35. The van der Waals surface area contributed by atoms with Gasteiger partial charge >= 0.3 is 0 Å². The Morgan fingerprint density at radius 2 is 2.00 bits per heavy atom. The molecular weight excluding hydrogens is 282 g/mol. The van der Waals surface area contributed by atoms with E-state index in [9.17, 15) is 4.79 Å². The highest BCUT2D eigenvalue weighted by Crippen LogP contribution is 2.19. The Hall–Kier alpha value is -2.14. The Morgan fingerprint density at radius 1 is 1.24 bits per heavy atom. The molecule has 5 heteroatoms. The highest BCUT2D eigenvalue weighted by atomic mass is 32.1. The van der Waals surface area contributed by atoms with E-state index in [1.54, 1.807) is 4.57 Å². The van der Waals surface area contributed by atoms with Crippen LogP contribution in [-0.2, 0) is 6.42 Å². The molecular formula is C16H17N3OS. The first kappa shape index (κ1) is 13.8. The van der Waals surface area contributed by atoms with Gasteiger partial charge in [0.15, 0.2) is 0 Å². The van der Waals surface area contributed by atoms with Crippen LogP contribution in [-0.4, -0.2) is 9.55 Å². The molecule has 3 rings (SSSR count). The largest absolute Gasteiger partial charge is 0.399 e. The first-order valence-electron chi connectivity index (χ1n) is 7.05. The minimum absolute atomic E-state index is 0.00544. The normalized spacial score (nSPS) is 11.1. The van der Waals surface area contributed by atoms with Gasteiger partial charge in [-0.15, -0.1) is 11.3 Å². The third-order valence-corrected chi connectivity index (χ3v) is 4.35. The molecule has 0 saturated heterocycles. The number of fused-ring (bicyclic) bond motifs is 1. The van der Waals surface area contributed by atoms with E-state index in [4.69, 9.17) is 5.73 Å². The quantitative estimate of drug-likeness (QED) is 0.751. The van der Waals surface area contributed by atoms with E-state index in [1.165, 1.54) is 11.3 Å².